The molecule has 4 aromatic carbocycles. The van der Waals surface area contributed by atoms with Crippen molar-refractivity contribution in [3.05, 3.63) is 120 Å². The van der Waals surface area contributed by atoms with Crippen molar-refractivity contribution < 1.29 is 0 Å². The highest BCUT2D eigenvalue weighted by atomic mass is 15.0. The fraction of sp³-hybridized carbons (Fsp3) is 0.121. The van der Waals surface area contributed by atoms with Gasteiger partial charge in [0.25, 0.3) is 0 Å². The van der Waals surface area contributed by atoms with E-state index in [0.717, 1.165) is 46.2 Å². The minimum absolute atomic E-state index is 0.664. The van der Waals surface area contributed by atoms with E-state index in [1.165, 1.54) is 11.1 Å². The average Bonchev–Trinajstić information content (AvgIpc) is 2.97. The molecule has 1 aromatic heterocycles. The Kier molecular flexibility index (Phi) is 6.81. The molecule has 0 saturated heterocycles. The van der Waals surface area contributed by atoms with E-state index >= 15 is 0 Å². The molecule has 0 aliphatic carbocycles. The Morgan fingerprint density at radius 3 is 1.44 bits per heavy atom. The zero-order valence-corrected chi connectivity index (χ0v) is 20.8. The standard InChI is InChI=1S/C33H29N3/c1-4-23-11-17-26(18-12-23)29-9-7-8-10-30(29)33-35-31(27-19-13-24(5-2)14-20-27)34-32(36-33)28-21-15-25(6-3)16-22-28/h4,7-22H,1,5-6H2,2-3H3. The van der Waals surface area contributed by atoms with E-state index in [-0.39, 0.29) is 0 Å². The second-order valence-corrected chi connectivity index (χ2v) is 8.78. The lowest BCUT2D eigenvalue weighted by molar-refractivity contribution is 1.07. The molecule has 0 unspecified atom stereocenters. The number of rotatable bonds is 7. The Hall–Kier alpha value is -4.37. The Labute approximate surface area is 213 Å². The summed E-state index contributed by atoms with van der Waals surface area (Å²) >= 11 is 0. The molecule has 0 amide bonds. The molecule has 0 saturated carbocycles. The van der Waals surface area contributed by atoms with E-state index in [0.29, 0.717) is 17.5 Å². The number of nitrogens with zero attached hydrogens (tertiary/aromatic N) is 3. The van der Waals surface area contributed by atoms with Crippen LogP contribution in [-0.4, -0.2) is 15.0 Å². The van der Waals surface area contributed by atoms with Gasteiger partial charge >= 0.3 is 0 Å². The molecule has 0 N–H and O–H groups in total. The molecule has 3 heteroatoms. The SMILES string of the molecule is C=Cc1ccc(-c2ccccc2-c2nc(-c3ccc(CC)cc3)nc(-c3ccc(CC)cc3)n2)cc1. The first-order valence-corrected chi connectivity index (χ1v) is 12.5. The summed E-state index contributed by atoms with van der Waals surface area (Å²) in [6, 6.07) is 33.6. The Balaban J connectivity index is 1.68. The molecule has 1 heterocycles. The molecule has 5 aromatic rings. The van der Waals surface area contributed by atoms with E-state index in [2.05, 4.69) is 111 Å². The summed E-state index contributed by atoms with van der Waals surface area (Å²) in [5.74, 6) is 2.01. The van der Waals surface area contributed by atoms with Gasteiger partial charge in [-0.25, -0.2) is 15.0 Å². The number of hydrogen-bond acceptors (Lipinski definition) is 3. The van der Waals surface area contributed by atoms with Crippen molar-refractivity contribution in [2.24, 2.45) is 0 Å². The van der Waals surface area contributed by atoms with Gasteiger partial charge in [0.1, 0.15) is 0 Å². The van der Waals surface area contributed by atoms with E-state index in [9.17, 15) is 0 Å². The fourth-order valence-corrected chi connectivity index (χ4v) is 4.26. The average molecular weight is 468 g/mol. The molecule has 0 radical (unpaired) electrons. The van der Waals surface area contributed by atoms with Crippen molar-refractivity contribution in [1.82, 2.24) is 15.0 Å². The number of hydrogen-bond donors (Lipinski definition) is 0. The van der Waals surface area contributed by atoms with Gasteiger partial charge in [0.05, 0.1) is 0 Å². The van der Waals surface area contributed by atoms with Crippen molar-refractivity contribution in [2.45, 2.75) is 26.7 Å². The van der Waals surface area contributed by atoms with Crippen LogP contribution in [0.1, 0.15) is 30.5 Å². The first-order valence-electron chi connectivity index (χ1n) is 12.5. The van der Waals surface area contributed by atoms with Gasteiger partial charge in [-0.05, 0) is 40.7 Å². The minimum atomic E-state index is 0.664. The van der Waals surface area contributed by atoms with Crippen LogP contribution >= 0.6 is 0 Å². The molecule has 176 valence electrons. The highest BCUT2D eigenvalue weighted by Crippen LogP contribution is 2.32. The molecular formula is C33H29N3. The summed E-state index contributed by atoms with van der Waals surface area (Å²) in [4.78, 5) is 14.8. The van der Waals surface area contributed by atoms with Crippen molar-refractivity contribution in [3.8, 4) is 45.3 Å². The maximum Gasteiger partial charge on any atom is 0.164 e. The lowest BCUT2D eigenvalue weighted by atomic mass is 9.98. The second-order valence-electron chi connectivity index (χ2n) is 8.78. The highest BCUT2D eigenvalue weighted by Gasteiger charge is 2.15. The summed E-state index contributed by atoms with van der Waals surface area (Å²) in [5.41, 5.74) is 8.80. The third kappa shape index (κ3) is 4.87. The summed E-state index contributed by atoms with van der Waals surface area (Å²) in [6.07, 6.45) is 3.85. The molecule has 36 heavy (non-hydrogen) atoms. The van der Waals surface area contributed by atoms with Crippen LogP contribution in [0.15, 0.2) is 104 Å². The monoisotopic (exact) mass is 467 g/mol. The summed E-state index contributed by atoms with van der Waals surface area (Å²) in [7, 11) is 0. The lowest BCUT2D eigenvalue weighted by Crippen LogP contribution is -2.01. The quantitative estimate of drug-likeness (QED) is 0.242. The molecule has 0 aliphatic heterocycles. The molecule has 0 aliphatic rings. The van der Waals surface area contributed by atoms with Crippen LogP contribution in [0.5, 0.6) is 0 Å². The van der Waals surface area contributed by atoms with E-state index < -0.39 is 0 Å². The summed E-state index contributed by atoms with van der Waals surface area (Å²) < 4.78 is 0. The fourth-order valence-electron chi connectivity index (χ4n) is 4.26. The van der Waals surface area contributed by atoms with Gasteiger partial charge in [-0.3, -0.25) is 0 Å². The topological polar surface area (TPSA) is 38.7 Å². The van der Waals surface area contributed by atoms with Gasteiger partial charge in [0.15, 0.2) is 17.5 Å². The zero-order valence-electron chi connectivity index (χ0n) is 20.8. The maximum absolute atomic E-state index is 4.97. The van der Waals surface area contributed by atoms with Gasteiger partial charge < -0.3 is 0 Å². The predicted octanol–water partition coefficient (Wildman–Crippen LogP) is 8.31. The van der Waals surface area contributed by atoms with E-state index in [1.54, 1.807) is 0 Å². The largest absolute Gasteiger partial charge is 0.208 e. The van der Waals surface area contributed by atoms with Crippen LogP contribution in [-0.2, 0) is 12.8 Å². The molecule has 0 bridgehead atoms. The van der Waals surface area contributed by atoms with Crippen LogP contribution in [0.3, 0.4) is 0 Å². The first-order chi connectivity index (χ1) is 17.7. The van der Waals surface area contributed by atoms with Crippen LogP contribution in [0.2, 0.25) is 0 Å². The van der Waals surface area contributed by atoms with Crippen LogP contribution in [0.25, 0.3) is 51.4 Å². The Bertz CT molecular complexity index is 1420. The summed E-state index contributed by atoms with van der Waals surface area (Å²) in [6.45, 7) is 8.19. The molecule has 3 nitrogen and oxygen atoms in total. The molecule has 0 atom stereocenters. The number of aromatic nitrogens is 3. The van der Waals surface area contributed by atoms with E-state index in [4.69, 9.17) is 15.0 Å². The molecule has 0 spiro atoms. The van der Waals surface area contributed by atoms with Gasteiger partial charge in [-0.15, -0.1) is 0 Å². The van der Waals surface area contributed by atoms with Gasteiger partial charge in [-0.1, -0.05) is 124 Å². The maximum atomic E-state index is 4.97. The predicted molar refractivity (Wildman–Crippen MR) is 150 cm³/mol. The van der Waals surface area contributed by atoms with E-state index in [1.807, 2.05) is 12.1 Å². The van der Waals surface area contributed by atoms with Crippen LogP contribution in [0, 0.1) is 0 Å². The van der Waals surface area contributed by atoms with Crippen molar-refractivity contribution >= 4 is 6.08 Å². The van der Waals surface area contributed by atoms with Crippen LogP contribution < -0.4 is 0 Å². The number of benzene rings is 4. The Morgan fingerprint density at radius 2 is 0.972 bits per heavy atom. The normalized spacial score (nSPS) is 10.8. The lowest BCUT2D eigenvalue weighted by Gasteiger charge is -2.12. The molecule has 5 rings (SSSR count). The third-order valence-electron chi connectivity index (χ3n) is 6.50. The van der Waals surface area contributed by atoms with Crippen molar-refractivity contribution in [1.29, 1.82) is 0 Å². The highest BCUT2D eigenvalue weighted by molar-refractivity contribution is 5.82. The van der Waals surface area contributed by atoms with Crippen LogP contribution in [0.4, 0.5) is 0 Å². The first kappa shape index (κ1) is 23.4. The molecular weight excluding hydrogens is 438 g/mol. The van der Waals surface area contributed by atoms with Gasteiger partial charge in [0, 0.05) is 16.7 Å². The number of aryl methyl sites for hydroxylation is 2. The third-order valence-corrected chi connectivity index (χ3v) is 6.50. The second kappa shape index (κ2) is 10.5. The van der Waals surface area contributed by atoms with Gasteiger partial charge in [-0.2, -0.15) is 0 Å². The zero-order chi connectivity index (χ0) is 24.9. The van der Waals surface area contributed by atoms with Gasteiger partial charge in [0.2, 0.25) is 0 Å². The minimum Gasteiger partial charge on any atom is -0.208 e. The Morgan fingerprint density at radius 1 is 0.528 bits per heavy atom. The smallest absolute Gasteiger partial charge is 0.164 e. The van der Waals surface area contributed by atoms with Crippen molar-refractivity contribution in [3.63, 3.8) is 0 Å². The van der Waals surface area contributed by atoms with Crippen molar-refractivity contribution in [2.75, 3.05) is 0 Å². The summed E-state index contributed by atoms with van der Waals surface area (Å²) in [5, 5.41) is 0. The molecule has 0 fully saturated rings.